The van der Waals surface area contributed by atoms with Crippen molar-refractivity contribution in [1.29, 1.82) is 0 Å². The molecule has 7 heteroatoms. The van der Waals surface area contributed by atoms with Crippen molar-refractivity contribution in [1.82, 2.24) is 15.0 Å². The van der Waals surface area contributed by atoms with Gasteiger partial charge in [-0.2, -0.15) is 0 Å². The lowest BCUT2D eigenvalue weighted by Crippen LogP contribution is -2.09. The van der Waals surface area contributed by atoms with Gasteiger partial charge in [0.1, 0.15) is 0 Å². The molecule has 0 bridgehead atoms. The fourth-order valence-corrected chi connectivity index (χ4v) is 2.03. The highest BCUT2D eigenvalue weighted by Gasteiger charge is 2.08. The summed E-state index contributed by atoms with van der Waals surface area (Å²) >= 11 is 1.56. The van der Waals surface area contributed by atoms with E-state index in [1.165, 1.54) is 6.07 Å². The normalized spacial score (nSPS) is 10.3. The van der Waals surface area contributed by atoms with Crippen molar-refractivity contribution in [2.45, 2.75) is 20.4 Å². The Kier molecular flexibility index (Phi) is 3.52. The third-order valence-electron chi connectivity index (χ3n) is 2.17. The highest BCUT2D eigenvalue weighted by atomic mass is 32.1. The van der Waals surface area contributed by atoms with Crippen LogP contribution in [-0.4, -0.2) is 26.0 Å². The van der Waals surface area contributed by atoms with Gasteiger partial charge in [-0.15, -0.1) is 11.3 Å². The minimum atomic E-state index is -1.06. The number of carboxylic acid groups (broad SMARTS) is 1. The van der Waals surface area contributed by atoms with Gasteiger partial charge in [0.15, 0.2) is 5.69 Å². The molecule has 18 heavy (non-hydrogen) atoms. The summed E-state index contributed by atoms with van der Waals surface area (Å²) in [5, 5.41) is 14.8. The minimum absolute atomic E-state index is 0.0144. The largest absolute Gasteiger partial charge is 0.477 e. The van der Waals surface area contributed by atoms with Crippen LogP contribution < -0.4 is 5.32 Å². The predicted molar refractivity (Wildman–Crippen MR) is 67.9 cm³/mol. The third-order valence-corrected chi connectivity index (χ3v) is 2.99. The van der Waals surface area contributed by atoms with Crippen molar-refractivity contribution >= 4 is 23.3 Å². The fraction of sp³-hybridized carbons (Fsp3) is 0.273. The molecule has 2 heterocycles. The first-order chi connectivity index (χ1) is 8.54. The van der Waals surface area contributed by atoms with Crippen molar-refractivity contribution in [2.75, 3.05) is 5.32 Å². The number of hydrogen-bond acceptors (Lipinski definition) is 6. The number of nitrogens with zero attached hydrogens (tertiary/aromatic N) is 3. The number of rotatable bonds is 4. The Morgan fingerprint density at radius 2 is 2.17 bits per heavy atom. The average Bonchev–Trinajstić information content (AvgIpc) is 2.72. The summed E-state index contributed by atoms with van der Waals surface area (Å²) < 4.78 is 0. The standard InChI is InChI=1S/C11H12N4O2S/c1-6-3-9(10(16)17)15-11(13-6)12-4-8-5-18-7(2)14-8/h3,5H,4H2,1-2H3,(H,16,17)(H,12,13,15). The van der Waals surface area contributed by atoms with Gasteiger partial charge in [-0.05, 0) is 19.9 Å². The number of aryl methyl sites for hydroxylation is 2. The molecule has 0 radical (unpaired) electrons. The first-order valence-electron chi connectivity index (χ1n) is 5.28. The van der Waals surface area contributed by atoms with Gasteiger partial charge in [0, 0.05) is 11.1 Å². The molecule has 0 saturated heterocycles. The Balaban J connectivity index is 2.11. The van der Waals surface area contributed by atoms with E-state index in [-0.39, 0.29) is 5.69 Å². The first-order valence-corrected chi connectivity index (χ1v) is 6.16. The van der Waals surface area contributed by atoms with Crippen LogP contribution in [0, 0.1) is 13.8 Å². The van der Waals surface area contributed by atoms with E-state index in [1.807, 2.05) is 12.3 Å². The van der Waals surface area contributed by atoms with Crippen molar-refractivity contribution < 1.29 is 9.90 Å². The number of carboxylic acids is 1. The number of thiazole rings is 1. The number of aromatic carboxylic acids is 1. The van der Waals surface area contributed by atoms with Crippen LogP contribution in [0.3, 0.4) is 0 Å². The number of nitrogens with one attached hydrogen (secondary N) is 1. The van der Waals surface area contributed by atoms with Crippen LogP contribution in [-0.2, 0) is 6.54 Å². The van der Waals surface area contributed by atoms with Crippen LogP contribution in [0.25, 0.3) is 0 Å². The summed E-state index contributed by atoms with van der Waals surface area (Å²) in [4.78, 5) is 23.2. The lowest BCUT2D eigenvalue weighted by molar-refractivity contribution is 0.0690. The second-order valence-corrected chi connectivity index (χ2v) is 4.80. The first kappa shape index (κ1) is 12.4. The van der Waals surface area contributed by atoms with Crippen LogP contribution in [0.2, 0.25) is 0 Å². The molecular formula is C11H12N4O2S. The second kappa shape index (κ2) is 5.09. The lowest BCUT2D eigenvalue weighted by Gasteiger charge is -2.04. The van der Waals surface area contributed by atoms with E-state index in [2.05, 4.69) is 20.3 Å². The van der Waals surface area contributed by atoms with E-state index < -0.39 is 5.97 Å². The number of carbonyl (C=O) groups is 1. The molecule has 0 aliphatic heterocycles. The summed E-state index contributed by atoms with van der Waals surface area (Å²) in [5.74, 6) is -0.758. The number of anilines is 1. The molecule has 0 aliphatic carbocycles. The molecular weight excluding hydrogens is 252 g/mol. The van der Waals surface area contributed by atoms with Gasteiger partial charge in [-0.3, -0.25) is 0 Å². The Bertz CT molecular complexity index is 582. The third kappa shape index (κ3) is 3.01. The monoisotopic (exact) mass is 264 g/mol. The second-order valence-electron chi connectivity index (χ2n) is 3.73. The molecule has 2 aromatic rings. The van der Waals surface area contributed by atoms with E-state index in [0.717, 1.165) is 10.7 Å². The van der Waals surface area contributed by atoms with Gasteiger partial charge in [-0.1, -0.05) is 0 Å². The SMILES string of the molecule is Cc1cc(C(=O)O)nc(NCc2csc(C)n2)n1. The van der Waals surface area contributed by atoms with E-state index in [1.54, 1.807) is 18.3 Å². The number of aromatic nitrogens is 3. The molecule has 0 unspecified atom stereocenters. The molecule has 6 nitrogen and oxygen atoms in total. The highest BCUT2D eigenvalue weighted by Crippen LogP contribution is 2.10. The summed E-state index contributed by atoms with van der Waals surface area (Å²) in [6.07, 6.45) is 0. The molecule has 0 fully saturated rings. The van der Waals surface area contributed by atoms with E-state index >= 15 is 0 Å². The Morgan fingerprint density at radius 3 is 2.78 bits per heavy atom. The molecule has 0 aliphatic rings. The van der Waals surface area contributed by atoms with Crippen LogP contribution in [0.4, 0.5) is 5.95 Å². The molecule has 0 saturated carbocycles. The Hall–Kier alpha value is -2.02. The van der Waals surface area contributed by atoms with Gasteiger partial charge < -0.3 is 10.4 Å². The maximum atomic E-state index is 10.9. The maximum absolute atomic E-state index is 10.9. The summed E-state index contributed by atoms with van der Waals surface area (Å²) in [6, 6.07) is 1.43. The van der Waals surface area contributed by atoms with Gasteiger partial charge in [0.05, 0.1) is 17.2 Å². The Labute approximate surface area is 108 Å². The fourth-order valence-electron chi connectivity index (χ4n) is 1.42. The van der Waals surface area contributed by atoms with Crippen molar-refractivity contribution in [3.05, 3.63) is 33.5 Å². The molecule has 0 amide bonds. The van der Waals surface area contributed by atoms with Crippen molar-refractivity contribution in [3.63, 3.8) is 0 Å². The van der Waals surface area contributed by atoms with Crippen molar-refractivity contribution in [3.8, 4) is 0 Å². The minimum Gasteiger partial charge on any atom is -0.477 e. The Morgan fingerprint density at radius 1 is 1.39 bits per heavy atom. The molecule has 2 rings (SSSR count). The maximum Gasteiger partial charge on any atom is 0.354 e. The zero-order valence-electron chi connectivity index (χ0n) is 9.97. The van der Waals surface area contributed by atoms with Gasteiger partial charge in [-0.25, -0.2) is 19.7 Å². The van der Waals surface area contributed by atoms with Crippen LogP contribution >= 0.6 is 11.3 Å². The highest BCUT2D eigenvalue weighted by molar-refractivity contribution is 7.09. The lowest BCUT2D eigenvalue weighted by atomic mass is 10.3. The van der Waals surface area contributed by atoms with Gasteiger partial charge in [0.25, 0.3) is 0 Å². The smallest absolute Gasteiger partial charge is 0.354 e. The van der Waals surface area contributed by atoms with E-state index in [9.17, 15) is 4.79 Å². The quantitative estimate of drug-likeness (QED) is 0.876. The molecule has 0 atom stereocenters. The molecule has 94 valence electrons. The predicted octanol–water partition coefficient (Wildman–Crippen LogP) is 1.86. The molecule has 2 aromatic heterocycles. The van der Waals surface area contributed by atoms with Gasteiger partial charge >= 0.3 is 5.97 Å². The molecule has 0 aromatic carbocycles. The topological polar surface area (TPSA) is 88.0 Å². The zero-order chi connectivity index (χ0) is 13.1. The van der Waals surface area contributed by atoms with Crippen molar-refractivity contribution in [2.24, 2.45) is 0 Å². The zero-order valence-corrected chi connectivity index (χ0v) is 10.8. The summed E-state index contributed by atoms with van der Waals surface area (Å²) in [7, 11) is 0. The molecule has 2 N–H and O–H groups in total. The average molecular weight is 264 g/mol. The van der Waals surface area contributed by atoms with E-state index in [0.29, 0.717) is 18.2 Å². The summed E-state index contributed by atoms with van der Waals surface area (Å²) in [5.41, 5.74) is 1.48. The summed E-state index contributed by atoms with van der Waals surface area (Å²) in [6.45, 7) is 4.14. The van der Waals surface area contributed by atoms with Crippen LogP contribution in [0.1, 0.15) is 26.9 Å². The van der Waals surface area contributed by atoms with E-state index in [4.69, 9.17) is 5.11 Å². The number of hydrogen-bond donors (Lipinski definition) is 2. The van der Waals surface area contributed by atoms with Crippen LogP contribution in [0.5, 0.6) is 0 Å². The van der Waals surface area contributed by atoms with Crippen LogP contribution in [0.15, 0.2) is 11.4 Å². The molecule has 0 spiro atoms. The van der Waals surface area contributed by atoms with Gasteiger partial charge in [0.2, 0.25) is 5.95 Å².